The van der Waals surface area contributed by atoms with Gasteiger partial charge in [-0.25, -0.2) is 9.37 Å². The second-order valence-corrected chi connectivity index (χ2v) is 6.45. The van der Waals surface area contributed by atoms with Crippen LogP contribution in [0.25, 0.3) is 0 Å². The predicted molar refractivity (Wildman–Crippen MR) is 87.8 cm³/mol. The summed E-state index contributed by atoms with van der Waals surface area (Å²) in [5.74, 6) is -0.0993. The van der Waals surface area contributed by atoms with Crippen molar-refractivity contribution < 1.29 is 9.18 Å². The normalized spacial score (nSPS) is 15.7. The van der Waals surface area contributed by atoms with Gasteiger partial charge < -0.3 is 10.2 Å². The van der Waals surface area contributed by atoms with Gasteiger partial charge in [-0.2, -0.15) is 5.10 Å². The highest BCUT2D eigenvalue weighted by molar-refractivity contribution is 9.10. The molecule has 0 saturated carbocycles. The molecule has 0 atom stereocenters. The summed E-state index contributed by atoms with van der Waals surface area (Å²) in [5, 5.41) is 7.00. The lowest BCUT2D eigenvalue weighted by Gasteiger charge is -2.33. The first-order valence-electron chi connectivity index (χ1n) is 7.39. The van der Waals surface area contributed by atoms with Crippen molar-refractivity contribution in [1.29, 1.82) is 0 Å². The van der Waals surface area contributed by atoms with Crippen LogP contribution >= 0.6 is 15.9 Å². The SMILES string of the molecule is Cn1nccc1C(=O)NC1CCN(c2ncc(Br)cc2F)CC1. The minimum absolute atomic E-state index is 0.0761. The molecule has 3 heterocycles. The van der Waals surface area contributed by atoms with E-state index >= 15 is 0 Å². The Morgan fingerprint density at radius 2 is 2.17 bits per heavy atom. The summed E-state index contributed by atoms with van der Waals surface area (Å²) in [5.41, 5.74) is 0.535. The summed E-state index contributed by atoms with van der Waals surface area (Å²) in [4.78, 5) is 18.2. The van der Waals surface area contributed by atoms with Crippen molar-refractivity contribution in [2.24, 2.45) is 7.05 Å². The molecule has 23 heavy (non-hydrogen) atoms. The molecule has 1 saturated heterocycles. The highest BCUT2D eigenvalue weighted by Gasteiger charge is 2.24. The molecule has 0 unspecified atom stereocenters. The molecular formula is C15H17BrFN5O. The number of nitrogens with one attached hydrogen (secondary N) is 1. The summed E-state index contributed by atoms with van der Waals surface area (Å²) >= 11 is 3.21. The van der Waals surface area contributed by atoms with E-state index < -0.39 is 0 Å². The van der Waals surface area contributed by atoms with E-state index in [4.69, 9.17) is 0 Å². The van der Waals surface area contributed by atoms with Gasteiger partial charge in [0.1, 0.15) is 5.69 Å². The Kier molecular flexibility index (Phi) is 4.61. The second kappa shape index (κ2) is 6.66. The highest BCUT2D eigenvalue weighted by Crippen LogP contribution is 2.23. The van der Waals surface area contributed by atoms with Crippen LogP contribution in [0.15, 0.2) is 29.0 Å². The molecule has 2 aromatic heterocycles. The van der Waals surface area contributed by atoms with Crippen LogP contribution in [-0.4, -0.2) is 39.8 Å². The van der Waals surface area contributed by atoms with E-state index in [-0.39, 0.29) is 17.8 Å². The lowest BCUT2D eigenvalue weighted by molar-refractivity contribution is 0.0921. The predicted octanol–water partition coefficient (Wildman–Crippen LogP) is 2.12. The molecule has 1 aliphatic rings. The third-order valence-electron chi connectivity index (χ3n) is 3.97. The number of rotatable bonds is 3. The number of hydrogen-bond donors (Lipinski definition) is 1. The summed E-state index contributed by atoms with van der Waals surface area (Å²) in [6.07, 6.45) is 4.69. The van der Waals surface area contributed by atoms with Gasteiger partial charge in [0.25, 0.3) is 5.91 Å². The van der Waals surface area contributed by atoms with E-state index in [1.165, 1.54) is 6.07 Å². The second-order valence-electron chi connectivity index (χ2n) is 5.53. The molecule has 0 aromatic carbocycles. The number of halogens is 2. The molecule has 1 fully saturated rings. The zero-order valence-electron chi connectivity index (χ0n) is 12.7. The standard InChI is InChI=1S/C15H17BrFN5O/c1-21-13(2-5-19-21)15(23)20-11-3-6-22(7-4-11)14-12(17)8-10(16)9-18-14/h2,5,8-9,11H,3-4,6-7H2,1H3,(H,20,23). The number of hydrogen-bond acceptors (Lipinski definition) is 4. The first-order chi connectivity index (χ1) is 11.0. The van der Waals surface area contributed by atoms with Gasteiger partial charge in [-0.3, -0.25) is 9.48 Å². The van der Waals surface area contributed by atoms with Gasteiger partial charge >= 0.3 is 0 Å². The van der Waals surface area contributed by atoms with E-state index in [1.807, 2.05) is 4.90 Å². The van der Waals surface area contributed by atoms with E-state index in [1.54, 1.807) is 30.2 Å². The summed E-state index contributed by atoms with van der Waals surface area (Å²) in [7, 11) is 1.74. The zero-order chi connectivity index (χ0) is 16.4. The first kappa shape index (κ1) is 15.9. The van der Waals surface area contributed by atoms with Crippen LogP contribution in [0.4, 0.5) is 10.2 Å². The lowest BCUT2D eigenvalue weighted by atomic mass is 10.0. The van der Waals surface area contributed by atoms with Crippen LogP contribution in [0, 0.1) is 5.82 Å². The van der Waals surface area contributed by atoms with Crippen LogP contribution in [0.3, 0.4) is 0 Å². The third kappa shape index (κ3) is 3.52. The maximum absolute atomic E-state index is 14.0. The van der Waals surface area contributed by atoms with Gasteiger partial charge in [-0.05, 0) is 40.9 Å². The van der Waals surface area contributed by atoms with Crippen LogP contribution in [-0.2, 0) is 7.05 Å². The smallest absolute Gasteiger partial charge is 0.269 e. The fourth-order valence-electron chi connectivity index (χ4n) is 2.73. The van der Waals surface area contributed by atoms with Crippen molar-refractivity contribution in [3.05, 3.63) is 40.5 Å². The number of nitrogens with zero attached hydrogens (tertiary/aromatic N) is 4. The number of anilines is 1. The van der Waals surface area contributed by atoms with Crippen molar-refractivity contribution in [2.75, 3.05) is 18.0 Å². The van der Waals surface area contributed by atoms with E-state index in [0.717, 1.165) is 12.8 Å². The van der Waals surface area contributed by atoms with Gasteiger partial charge in [-0.1, -0.05) is 0 Å². The molecule has 1 amide bonds. The molecule has 1 N–H and O–H groups in total. The largest absolute Gasteiger partial charge is 0.354 e. The summed E-state index contributed by atoms with van der Waals surface area (Å²) in [6.45, 7) is 1.31. The summed E-state index contributed by atoms with van der Waals surface area (Å²) in [6, 6.07) is 3.18. The number of carbonyl (C=O) groups excluding carboxylic acids is 1. The Labute approximate surface area is 141 Å². The van der Waals surface area contributed by atoms with Gasteiger partial charge in [0.15, 0.2) is 11.6 Å². The fraction of sp³-hybridized carbons (Fsp3) is 0.400. The number of amides is 1. The van der Waals surface area contributed by atoms with Crippen molar-refractivity contribution >= 4 is 27.7 Å². The van der Waals surface area contributed by atoms with Crippen LogP contribution in [0.1, 0.15) is 23.3 Å². The molecule has 0 bridgehead atoms. The van der Waals surface area contributed by atoms with Crippen molar-refractivity contribution in [1.82, 2.24) is 20.1 Å². The van der Waals surface area contributed by atoms with E-state index in [2.05, 4.69) is 31.3 Å². The molecule has 0 aliphatic carbocycles. The van der Waals surface area contributed by atoms with Crippen LogP contribution < -0.4 is 10.2 Å². The molecule has 122 valence electrons. The van der Waals surface area contributed by atoms with Crippen LogP contribution in [0.2, 0.25) is 0 Å². The molecular weight excluding hydrogens is 365 g/mol. The Hall–Kier alpha value is -1.96. The van der Waals surface area contributed by atoms with Gasteiger partial charge in [0.2, 0.25) is 0 Å². The van der Waals surface area contributed by atoms with Crippen molar-refractivity contribution in [3.63, 3.8) is 0 Å². The monoisotopic (exact) mass is 381 g/mol. The fourth-order valence-corrected chi connectivity index (χ4v) is 3.04. The van der Waals surface area contributed by atoms with E-state index in [0.29, 0.717) is 29.1 Å². The van der Waals surface area contributed by atoms with Gasteiger partial charge in [-0.15, -0.1) is 0 Å². The molecule has 8 heteroatoms. The zero-order valence-corrected chi connectivity index (χ0v) is 14.3. The number of aryl methyl sites for hydroxylation is 1. The molecule has 0 spiro atoms. The van der Waals surface area contributed by atoms with Crippen molar-refractivity contribution in [2.45, 2.75) is 18.9 Å². The van der Waals surface area contributed by atoms with Crippen molar-refractivity contribution in [3.8, 4) is 0 Å². The summed E-state index contributed by atoms with van der Waals surface area (Å²) < 4.78 is 16.1. The molecule has 0 radical (unpaired) electrons. The van der Waals surface area contributed by atoms with Crippen LogP contribution in [0.5, 0.6) is 0 Å². The average Bonchev–Trinajstić information content (AvgIpc) is 2.95. The topological polar surface area (TPSA) is 63.1 Å². The van der Waals surface area contributed by atoms with E-state index in [9.17, 15) is 9.18 Å². The molecule has 3 rings (SSSR count). The molecule has 2 aromatic rings. The quantitative estimate of drug-likeness (QED) is 0.884. The van der Waals surface area contributed by atoms with Gasteiger partial charge in [0, 0.05) is 43.0 Å². The minimum Gasteiger partial charge on any atom is -0.354 e. The minimum atomic E-state index is -0.336. The average molecular weight is 382 g/mol. The first-order valence-corrected chi connectivity index (χ1v) is 8.19. The Morgan fingerprint density at radius 1 is 1.43 bits per heavy atom. The maximum atomic E-state index is 14.0. The Balaban J connectivity index is 1.58. The number of piperidine rings is 1. The molecule has 1 aliphatic heterocycles. The highest BCUT2D eigenvalue weighted by atomic mass is 79.9. The lowest BCUT2D eigenvalue weighted by Crippen LogP contribution is -2.45. The molecule has 6 nitrogen and oxygen atoms in total. The third-order valence-corrected chi connectivity index (χ3v) is 4.41. The Morgan fingerprint density at radius 3 is 2.78 bits per heavy atom. The number of aromatic nitrogens is 3. The van der Waals surface area contributed by atoms with Gasteiger partial charge in [0.05, 0.1) is 0 Å². The Bertz CT molecular complexity index is 712. The number of pyridine rings is 1. The maximum Gasteiger partial charge on any atom is 0.269 e. The number of carbonyl (C=O) groups is 1.